The number of para-hydroxylation sites is 1. The van der Waals surface area contributed by atoms with Gasteiger partial charge in [-0.1, -0.05) is 18.2 Å². The fourth-order valence-corrected chi connectivity index (χ4v) is 2.22. The molecule has 1 aliphatic heterocycles. The third-order valence-electron chi connectivity index (χ3n) is 3.18. The predicted octanol–water partition coefficient (Wildman–Crippen LogP) is 1.22. The van der Waals surface area contributed by atoms with Crippen molar-refractivity contribution in [2.45, 2.75) is 18.8 Å². The van der Waals surface area contributed by atoms with Gasteiger partial charge in [0.2, 0.25) is 0 Å². The first kappa shape index (κ1) is 11.2. The average molecular weight is 244 g/mol. The first-order valence-corrected chi connectivity index (χ1v) is 6.21. The maximum atomic E-state index is 5.64. The molecule has 1 aromatic heterocycles. The van der Waals surface area contributed by atoms with Crippen LogP contribution in [0.4, 0.5) is 0 Å². The minimum absolute atomic E-state index is 0.143. The van der Waals surface area contributed by atoms with Crippen molar-refractivity contribution in [3.63, 3.8) is 0 Å². The van der Waals surface area contributed by atoms with Gasteiger partial charge < -0.3 is 10.5 Å². The summed E-state index contributed by atoms with van der Waals surface area (Å²) in [5.74, 6) is 2.80. The summed E-state index contributed by atoms with van der Waals surface area (Å²) in [5.41, 5.74) is 6.65. The summed E-state index contributed by atoms with van der Waals surface area (Å²) < 4.78 is 5.64. The number of rotatable bonds is 4. The fraction of sp³-hybridized carbons (Fsp3) is 0.385. The highest BCUT2D eigenvalue weighted by molar-refractivity contribution is 5.42. The second kappa shape index (κ2) is 4.78. The highest BCUT2D eigenvalue weighted by atomic mass is 16.5. The number of H-pyrrole nitrogens is 1. The van der Waals surface area contributed by atoms with Crippen LogP contribution in [-0.2, 0) is 6.42 Å². The van der Waals surface area contributed by atoms with Gasteiger partial charge in [-0.3, -0.25) is 5.10 Å². The zero-order valence-electron chi connectivity index (χ0n) is 10.1. The molecule has 0 bridgehead atoms. The van der Waals surface area contributed by atoms with Crippen molar-refractivity contribution in [3.8, 4) is 5.75 Å². The lowest BCUT2D eigenvalue weighted by Crippen LogP contribution is -2.05. The van der Waals surface area contributed by atoms with Crippen LogP contribution < -0.4 is 10.5 Å². The van der Waals surface area contributed by atoms with Crippen LogP contribution in [-0.4, -0.2) is 28.3 Å². The van der Waals surface area contributed by atoms with E-state index in [0.717, 1.165) is 30.2 Å². The van der Waals surface area contributed by atoms with Crippen molar-refractivity contribution in [1.82, 2.24) is 15.2 Å². The predicted molar refractivity (Wildman–Crippen MR) is 67.5 cm³/mol. The fourth-order valence-electron chi connectivity index (χ4n) is 2.22. The largest absolute Gasteiger partial charge is 0.492 e. The molecule has 0 saturated carbocycles. The topological polar surface area (TPSA) is 76.8 Å². The first-order valence-electron chi connectivity index (χ1n) is 6.21. The van der Waals surface area contributed by atoms with Crippen molar-refractivity contribution in [2.75, 3.05) is 13.2 Å². The number of ether oxygens (including phenoxy) is 1. The number of hydrogen-bond acceptors (Lipinski definition) is 4. The highest BCUT2D eigenvalue weighted by Gasteiger charge is 2.28. The molecule has 5 nitrogen and oxygen atoms in total. The lowest BCUT2D eigenvalue weighted by atomic mass is 10.0. The number of fused-ring (bicyclic) bond motifs is 1. The van der Waals surface area contributed by atoms with Crippen molar-refractivity contribution in [2.24, 2.45) is 5.73 Å². The molecule has 1 aliphatic rings. The molecular weight excluding hydrogens is 228 g/mol. The zero-order valence-corrected chi connectivity index (χ0v) is 10.1. The molecule has 2 aromatic rings. The van der Waals surface area contributed by atoms with Crippen molar-refractivity contribution < 1.29 is 4.74 Å². The SMILES string of the molecule is NCCCc1nc(C2COc3ccccc32)n[nH]1. The van der Waals surface area contributed by atoms with E-state index < -0.39 is 0 Å². The molecule has 0 radical (unpaired) electrons. The van der Waals surface area contributed by atoms with Crippen LogP contribution in [0.5, 0.6) is 5.75 Å². The molecule has 94 valence electrons. The van der Waals surface area contributed by atoms with Gasteiger partial charge in [0.25, 0.3) is 0 Å². The second-order valence-corrected chi connectivity index (χ2v) is 4.43. The Morgan fingerprint density at radius 3 is 3.17 bits per heavy atom. The molecule has 3 N–H and O–H groups in total. The van der Waals surface area contributed by atoms with Gasteiger partial charge in [0.1, 0.15) is 18.2 Å². The summed E-state index contributed by atoms with van der Waals surface area (Å²) in [6.45, 7) is 1.29. The van der Waals surface area contributed by atoms with Gasteiger partial charge in [0, 0.05) is 12.0 Å². The Morgan fingerprint density at radius 1 is 1.39 bits per heavy atom. The Hall–Kier alpha value is -1.88. The number of nitrogens with two attached hydrogens (primary N) is 1. The highest BCUT2D eigenvalue weighted by Crippen LogP contribution is 2.36. The average Bonchev–Trinajstić information content (AvgIpc) is 3.02. The summed E-state index contributed by atoms with van der Waals surface area (Å²) >= 11 is 0. The van der Waals surface area contributed by atoms with E-state index in [4.69, 9.17) is 10.5 Å². The Morgan fingerprint density at radius 2 is 2.28 bits per heavy atom. The quantitative estimate of drug-likeness (QED) is 0.847. The molecule has 3 rings (SSSR count). The van der Waals surface area contributed by atoms with Gasteiger partial charge in [-0.05, 0) is 19.0 Å². The van der Waals surface area contributed by atoms with Gasteiger partial charge >= 0.3 is 0 Å². The number of aromatic nitrogens is 3. The molecule has 18 heavy (non-hydrogen) atoms. The van der Waals surface area contributed by atoms with E-state index in [0.29, 0.717) is 13.2 Å². The Bertz CT molecular complexity index is 537. The van der Waals surface area contributed by atoms with E-state index in [9.17, 15) is 0 Å². The van der Waals surface area contributed by atoms with Crippen LogP contribution >= 0.6 is 0 Å². The number of nitrogens with one attached hydrogen (secondary N) is 1. The Labute approximate surface area is 105 Å². The van der Waals surface area contributed by atoms with Crippen LogP contribution in [0.2, 0.25) is 0 Å². The maximum absolute atomic E-state index is 5.64. The summed E-state index contributed by atoms with van der Waals surface area (Å²) in [6.07, 6.45) is 1.77. The van der Waals surface area contributed by atoms with Crippen LogP contribution in [0.3, 0.4) is 0 Å². The van der Waals surface area contributed by atoms with Crippen molar-refractivity contribution in [1.29, 1.82) is 0 Å². The summed E-state index contributed by atoms with van der Waals surface area (Å²) in [4.78, 5) is 4.53. The zero-order chi connectivity index (χ0) is 12.4. The van der Waals surface area contributed by atoms with Crippen molar-refractivity contribution in [3.05, 3.63) is 41.5 Å². The van der Waals surface area contributed by atoms with Crippen molar-refractivity contribution >= 4 is 0 Å². The van der Waals surface area contributed by atoms with Crippen LogP contribution in [0.15, 0.2) is 24.3 Å². The summed E-state index contributed by atoms with van der Waals surface area (Å²) in [7, 11) is 0. The second-order valence-electron chi connectivity index (χ2n) is 4.43. The van der Waals surface area contributed by atoms with Gasteiger partial charge in [0.05, 0.1) is 5.92 Å². The standard InChI is InChI=1S/C13H16N4O/c14-7-3-6-12-15-13(17-16-12)10-8-18-11-5-2-1-4-9(10)11/h1-2,4-5,10H,3,6-8,14H2,(H,15,16,17). The minimum atomic E-state index is 0.143. The van der Waals surface area contributed by atoms with Crippen LogP contribution in [0.1, 0.15) is 29.6 Å². The minimum Gasteiger partial charge on any atom is -0.492 e. The van der Waals surface area contributed by atoms with E-state index >= 15 is 0 Å². The molecule has 0 aliphatic carbocycles. The molecule has 1 atom stereocenters. The van der Waals surface area contributed by atoms with E-state index in [1.807, 2.05) is 18.2 Å². The normalized spacial score (nSPS) is 17.5. The monoisotopic (exact) mass is 244 g/mol. The third kappa shape index (κ3) is 1.97. The molecule has 0 spiro atoms. The van der Waals surface area contributed by atoms with E-state index in [1.54, 1.807) is 0 Å². The maximum Gasteiger partial charge on any atom is 0.161 e. The lowest BCUT2D eigenvalue weighted by Gasteiger charge is -2.02. The van der Waals surface area contributed by atoms with E-state index in [1.165, 1.54) is 5.56 Å². The third-order valence-corrected chi connectivity index (χ3v) is 3.18. The van der Waals surface area contributed by atoms with E-state index in [2.05, 4.69) is 21.2 Å². The molecule has 0 fully saturated rings. The number of hydrogen-bond donors (Lipinski definition) is 2. The number of nitrogens with zero attached hydrogens (tertiary/aromatic N) is 2. The molecule has 0 saturated heterocycles. The van der Waals surface area contributed by atoms with E-state index in [-0.39, 0.29) is 5.92 Å². The molecule has 2 heterocycles. The van der Waals surface area contributed by atoms with Crippen LogP contribution in [0, 0.1) is 0 Å². The molecule has 1 unspecified atom stereocenters. The van der Waals surface area contributed by atoms with Gasteiger partial charge in [-0.25, -0.2) is 4.98 Å². The molecule has 5 heteroatoms. The molecule has 1 aromatic carbocycles. The van der Waals surface area contributed by atoms with Gasteiger partial charge in [0.15, 0.2) is 5.82 Å². The lowest BCUT2D eigenvalue weighted by molar-refractivity contribution is 0.340. The number of aryl methyl sites for hydroxylation is 1. The number of aromatic amines is 1. The summed E-state index contributed by atoms with van der Waals surface area (Å²) in [5, 5.41) is 7.27. The number of benzene rings is 1. The van der Waals surface area contributed by atoms with Gasteiger partial charge in [-0.15, -0.1) is 0 Å². The van der Waals surface area contributed by atoms with Gasteiger partial charge in [-0.2, -0.15) is 5.10 Å². The summed E-state index contributed by atoms with van der Waals surface area (Å²) in [6, 6.07) is 8.05. The Balaban J connectivity index is 1.82. The Kier molecular flexibility index (Phi) is 2.98. The van der Waals surface area contributed by atoms with Crippen LogP contribution in [0.25, 0.3) is 0 Å². The molecule has 0 amide bonds. The smallest absolute Gasteiger partial charge is 0.161 e. The first-order chi connectivity index (χ1) is 8.88. The molecular formula is C13H16N4O.